The molecular weight excluding hydrogens is 334 g/mol. The summed E-state index contributed by atoms with van der Waals surface area (Å²) in [6, 6.07) is 5.48. The fourth-order valence-corrected chi connectivity index (χ4v) is 2.72. The average Bonchev–Trinajstić information content (AvgIpc) is 2.52. The van der Waals surface area contributed by atoms with Crippen LogP contribution in [-0.2, 0) is 0 Å². The molecule has 1 saturated heterocycles. The number of rotatable bonds is 5. The van der Waals surface area contributed by atoms with Crippen molar-refractivity contribution in [2.24, 2.45) is 0 Å². The molecular formula is C15H22BrN3O2. The molecule has 1 N–H and O–H groups in total. The number of hydrogen-bond acceptors (Lipinski definition) is 4. The summed E-state index contributed by atoms with van der Waals surface area (Å²) in [7, 11) is 3.42. The van der Waals surface area contributed by atoms with Gasteiger partial charge in [-0.05, 0) is 18.2 Å². The number of piperazine rings is 1. The number of amides is 1. The van der Waals surface area contributed by atoms with Gasteiger partial charge in [-0.2, -0.15) is 0 Å². The molecule has 1 aliphatic rings. The van der Waals surface area contributed by atoms with E-state index in [-0.39, 0.29) is 5.91 Å². The Bertz CT molecular complexity index is 490. The summed E-state index contributed by atoms with van der Waals surface area (Å²) < 4.78 is 6.20. The summed E-state index contributed by atoms with van der Waals surface area (Å²) in [5.74, 6) is 0.595. The number of ether oxygens (including phenoxy) is 1. The van der Waals surface area contributed by atoms with Crippen LogP contribution >= 0.6 is 15.9 Å². The third-order valence-electron chi connectivity index (χ3n) is 3.70. The smallest absolute Gasteiger partial charge is 0.257 e. The summed E-state index contributed by atoms with van der Waals surface area (Å²) in [4.78, 5) is 16.6. The highest BCUT2D eigenvalue weighted by atomic mass is 79.9. The Labute approximate surface area is 134 Å². The molecule has 21 heavy (non-hydrogen) atoms. The van der Waals surface area contributed by atoms with E-state index < -0.39 is 0 Å². The maximum atomic E-state index is 12.5. The number of benzene rings is 1. The van der Waals surface area contributed by atoms with Crippen molar-refractivity contribution in [1.29, 1.82) is 0 Å². The van der Waals surface area contributed by atoms with Crippen molar-refractivity contribution >= 4 is 21.8 Å². The Morgan fingerprint density at radius 1 is 1.43 bits per heavy atom. The van der Waals surface area contributed by atoms with Gasteiger partial charge in [0, 0.05) is 50.8 Å². The van der Waals surface area contributed by atoms with Crippen molar-refractivity contribution in [3.63, 3.8) is 0 Å². The number of hydrogen-bond donors (Lipinski definition) is 1. The molecule has 0 aromatic heterocycles. The van der Waals surface area contributed by atoms with Gasteiger partial charge in [0.05, 0.1) is 12.7 Å². The van der Waals surface area contributed by atoms with Crippen LogP contribution in [0, 0.1) is 0 Å². The lowest BCUT2D eigenvalue weighted by Crippen LogP contribution is -2.46. The van der Waals surface area contributed by atoms with Crippen LogP contribution in [-0.4, -0.2) is 69.1 Å². The first-order chi connectivity index (χ1) is 10.1. The van der Waals surface area contributed by atoms with Gasteiger partial charge in [-0.15, -0.1) is 0 Å². The van der Waals surface area contributed by atoms with E-state index in [9.17, 15) is 4.79 Å². The molecule has 0 aliphatic carbocycles. The molecule has 5 nitrogen and oxygen atoms in total. The van der Waals surface area contributed by atoms with Gasteiger partial charge in [0.25, 0.3) is 5.91 Å². The topological polar surface area (TPSA) is 44.8 Å². The van der Waals surface area contributed by atoms with Crippen LogP contribution in [0.5, 0.6) is 5.75 Å². The fourth-order valence-electron chi connectivity index (χ4n) is 2.38. The summed E-state index contributed by atoms with van der Waals surface area (Å²) in [6.07, 6.45) is 0. The zero-order chi connectivity index (χ0) is 15.2. The highest BCUT2D eigenvalue weighted by Gasteiger charge is 2.18. The summed E-state index contributed by atoms with van der Waals surface area (Å²) in [5, 5.41) is 3.33. The van der Waals surface area contributed by atoms with Crippen molar-refractivity contribution in [2.75, 3.05) is 53.4 Å². The monoisotopic (exact) mass is 355 g/mol. The lowest BCUT2D eigenvalue weighted by atomic mass is 10.1. The van der Waals surface area contributed by atoms with Crippen molar-refractivity contribution in [2.45, 2.75) is 0 Å². The minimum absolute atomic E-state index is 0.00511. The van der Waals surface area contributed by atoms with Crippen molar-refractivity contribution in [3.8, 4) is 5.75 Å². The van der Waals surface area contributed by atoms with E-state index in [0.717, 1.165) is 43.7 Å². The molecule has 6 heteroatoms. The van der Waals surface area contributed by atoms with Gasteiger partial charge in [0.2, 0.25) is 0 Å². The first kappa shape index (κ1) is 16.3. The quantitative estimate of drug-likeness (QED) is 0.867. The predicted molar refractivity (Wildman–Crippen MR) is 87.0 cm³/mol. The number of halogens is 1. The largest absolute Gasteiger partial charge is 0.496 e. The number of nitrogens with zero attached hydrogens (tertiary/aromatic N) is 2. The first-order valence-corrected chi connectivity index (χ1v) is 7.93. The van der Waals surface area contributed by atoms with Gasteiger partial charge in [-0.25, -0.2) is 0 Å². The van der Waals surface area contributed by atoms with E-state index in [1.165, 1.54) is 0 Å². The second-order valence-electron chi connectivity index (χ2n) is 5.16. The lowest BCUT2D eigenvalue weighted by Gasteiger charge is -2.29. The minimum atomic E-state index is -0.00511. The van der Waals surface area contributed by atoms with E-state index in [1.54, 1.807) is 18.1 Å². The van der Waals surface area contributed by atoms with Crippen molar-refractivity contribution in [1.82, 2.24) is 15.1 Å². The summed E-state index contributed by atoms with van der Waals surface area (Å²) in [6.45, 7) is 5.77. The van der Waals surface area contributed by atoms with Crippen LogP contribution < -0.4 is 10.1 Å². The van der Waals surface area contributed by atoms with Gasteiger partial charge in [-0.3, -0.25) is 9.69 Å². The molecule has 0 spiro atoms. The average molecular weight is 356 g/mol. The van der Waals surface area contributed by atoms with E-state index in [2.05, 4.69) is 26.1 Å². The van der Waals surface area contributed by atoms with Crippen LogP contribution in [0.15, 0.2) is 22.7 Å². The molecule has 116 valence electrons. The molecule has 1 aliphatic heterocycles. The number of nitrogens with one attached hydrogen (secondary N) is 1. The van der Waals surface area contributed by atoms with Gasteiger partial charge >= 0.3 is 0 Å². The third-order valence-corrected chi connectivity index (χ3v) is 4.20. The van der Waals surface area contributed by atoms with Gasteiger partial charge in [0.1, 0.15) is 5.75 Å². The zero-order valence-electron chi connectivity index (χ0n) is 12.6. The van der Waals surface area contributed by atoms with Crippen LogP contribution in [0.2, 0.25) is 0 Å². The molecule has 1 heterocycles. The molecule has 0 bridgehead atoms. The van der Waals surface area contributed by atoms with Crippen LogP contribution in [0.25, 0.3) is 0 Å². The number of carbonyl (C=O) groups excluding carboxylic acids is 1. The highest BCUT2D eigenvalue weighted by Crippen LogP contribution is 2.24. The maximum Gasteiger partial charge on any atom is 0.257 e. The Hall–Kier alpha value is -1.11. The van der Waals surface area contributed by atoms with Crippen LogP contribution in [0.4, 0.5) is 0 Å². The normalized spacial score (nSPS) is 15.8. The lowest BCUT2D eigenvalue weighted by molar-refractivity contribution is 0.0771. The first-order valence-electron chi connectivity index (χ1n) is 7.14. The molecule has 0 atom stereocenters. The number of methoxy groups -OCH3 is 1. The van der Waals surface area contributed by atoms with Crippen LogP contribution in [0.1, 0.15) is 10.4 Å². The molecule has 1 fully saturated rings. The Kier molecular flexibility index (Phi) is 6.02. The molecule has 0 saturated carbocycles. The van der Waals surface area contributed by atoms with Crippen LogP contribution in [0.3, 0.4) is 0 Å². The van der Waals surface area contributed by atoms with E-state index in [4.69, 9.17) is 4.74 Å². The predicted octanol–water partition coefficient (Wildman–Crippen LogP) is 1.43. The third kappa shape index (κ3) is 4.43. The van der Waals surface area contributed by atoms with Gasteiger partial charge < -0.3 is 15.0 Å². The summed E-state index contributed by atoms with van der Waals surface area (Å²) in [5.41, 5.74) is 0.600. The molecule has 0 unspecified atom stereocenters. The van der Waals surface area contributed by atoms with Gasteiger partial charge in [-0.1, -0.05) is 15.9 Å². The number of carbonyl (C=O) groups is 1. The Morgan fingerprint density at radius 2 is 2.14 bits per heavy atom. The van der Waals surface area contributed by atoms with Crippen molar-refractivity contribution in [3.05, 3.63) is 28.2 Å². The molecule has 2 rings (SSSR count). The van der Waals surface area contributed by atoms with E-state index in [1.807, 2.05) is 19.2 Å². The van der Waals surface area contributed by atoms with E-state index >= 15 is 0 Å². The Morgan fingerprint density at radius 3 is 2.81 bits per heavy atom. The molecule has 1 aromatic rings. The second-order valence-corrected chi connectivity index (χ2v) is 6.08. The highest BCUT2D eigenvalue weighted by molar-refractivity contribution is 9.10. The summed E-state index contributed by atoms with van der Waals surface area (Å²) >= 11 is 3.39. The minimum Gasteiger partial charge on any atom is -0.496 e. The standard InChI is InChI=1S/C15H22BrN3O2/c1-18(9-10-19-7-5-17-6-8-19)15(20)13-4-3-12(16)11-14(13)21-2/h3-4,11,17H,5-10H2,1-2H3. The second kappa shape index (κ2) is 7.77. The van der Waals surface area contributed by atoms with Gasteiger partial charge in [0.15, 0.2) is 0 Å². The van der Waals surface area contributed by atoms with Crippen molar-refractivity contribution < 1.29 is 9.53 Å². The molecule has 1 aromatic carbocycles. The SMILES string of the molecule is COc1cc(Br)ccc1C(=O)N(C)CCN1CCNCC1. The number of likely N-dealkylation sites (N-methyl/N-ethyl adjacent to an activating group) is 1. The zero-order valence-corrected chi connectivity index (χ0v) is 14.1. The fraction of sp³-hybridized carbons (Fsp3) is 0.533. The molecule has 0 radical (unpaired) electrons. The maximum absolute atomic E-state index is 12.5. The van der Waals surface area contributed by atoms with E-state index in [0.29, 0.717) is 11.3 Å². The molecule has 1 amide bonds. The Balaban J connectivity index is 1.95.